The molecule has 106 valence electrons. The number of hydrogen-bond donors (Lipinski definition) is 1. The zero-order valence-electron chi connectivity index (χ0n) is 12.0. The first-order chi connectivity index (χ1) is 8.88. The second-order valence-electron chi connectivity index (χ2n) is 5.89. The van der Waals surface area contributed by atoms with Crippen LogP contribution >= 0.6 is 0 Å². The summed E-state index contributed by atoms with van der Waals surface area (Å²) in [4.78, 5) is 2.64. The van der Waals surface area contributed by atoms with E-state index in [0.29, 0.717) is 6.10 Å². The van der Waals surface area contributed by atoms with Crippen molar-refractivity contribution in [3.8, 4) is 0 Å². The molecule has 2 aliphatic heterocycles. The lowest BCUT2D eigenvalue weighted by Gasteiger charge is -2.32. The normalized spacial score (nSPS) is 27.5. The van der Waals surface area contributed by atoms with Crippen LogP contribution in [-0.4, -0.2) is 50.3 Å². The summed E-state index contributed by atoms with van der Waals surface area (Å²) >= 11 is 0. The monoisotopic (exact) mass is 254 g/mol. The van der Waals surface area contributed by atoms with Crippen molar-refractivity contribution in [1.82, 2.24) is 10.2 Å². The maximum absolute atomic E-state index is 5.96. The highest BCUT2D eigenvalue weighted by Crippen LogP contribution is 2.19. The number of ether oxygens (including phenoxy) is 1. The largest absolute Gasteiger partial charge is 0.378 e. The Morgan fingerprint density at radius 3 is 2.83 bits per heavy atom. The van der Waals surface area contributed by atoms with Gasteiger partial charge in [0.15, 0.2) is 0 Å². The minimum Gasteiger partial charge on any atom is -0.378 e. The molecular weight excluding hydrogens is 224 g/mol. The first-order valence-electron chi connectivity index (χ1n) is 7.93. The zero-order chi connectivity index (χ0) is 12.6. The van der Waals surface area contributed by atoms with Gasteiger partial charge in [0.25, 0.3) is 0 Å². The summed E-state index contributed by atoms with van der Waals surface area (Å²) < 4.78 is 5.96. The fraction of sp³-hybridized carbons (Fsp3) is 1.00. The molecule has 2 rings (SSSR count). The van der Waals surface area contributed by atoms with E-state index in [-0.39, 0.29) is 0 Å². The molecule has 3 heteroatoms. The fourth-order valence-electron chi connectivity index (χ4n) is 3.19. The van der Waals surface area contributed by atoms with Crippen molar-refractivity contribution < 1.29 is 4.74 Å². The summed E-state index contributed by atoms with van der Waals surface area (Å²) in [7, 11) is 0. The van der Waals surface area contributed by atoms with Gasteiger partial charge in [0.05, 0.1) is 6.10 Å². The second-order valence-corrected chi connectivity index (χ2v) is 5.89. The Morgan fingerprint density at radius 1 is 1.22 bits per heavy atom. The summed E-state index contributed by atoms with van der Waals surface area (Å²) in [5, 5.41) is 3.38. The van der Waals surface area contributed by atoms with Gasteiger partial charge in [-0.3, -0.25) is 0 Å². The van der Waals surface area contributed by atoms with Crippen molar-refractivity contribution in [2.45, 2.75) is 51.6 Å². The maximum Gasteiger partial charge on any atom is 0.0599 e. The van der Waals surface area contributed by atoms with Crippen molar-refractivity contribution in [1.29, 1.82) is 0 Å². The Balaban J connectivity index is 1.52. The van der Waals surface area contributed by atoms with Gasteiger partial charge in [-0.15, -0.1) is 0 Å². The van der Waals surface area contributed by atoms with Gasteiger partial charge in [-0.05, 0) is 57.7 Å². The van der Waals surface area contributed by atoms with E-state index in [9.17, 15) is 0 Å². The highest BCUT2D eigenvalue weighted by molar-refractivity contribution is 4.72. The Morgan fingerprint density at radius 2 is 2.06 bits per heavy atom. The smallest absolute Gasteiger partial charge is 0.0599 e. The second kappa shape index (κ2) is 8.13. The molecule has 2 aliphatic rings. The molecule has 0 radical (unpaired) electrons. The lowest BCUT2D eigenvalue weighted by atomic mass is 9.95. The highest BCUT2D eigenvalue weighted by Gasteiger charge is 2.18. The molecule has 2 fully saturated rings. The molecule has 0 saturated carbocycles. The van der Waals surface area contributed by atoms with Crippen molar-refractivity contribution in [3.63, 3.8) is 0 Å². The van der Waals surface area contributed by atoms with E-state index in [1.54, 1.807) is 0 Å². The van der Waals surface area contributed by atoms with E-state index in [0.717, 1.165) is 25.6 Å². The fourth-order valence-corrected chi connectivity index (χ4v) is 3.19. The Hall–Kier alpha value is -0.120. The number of likely N-dealkylation sites (tertiary alicyclic amines) is 1. The molecular formula is C15H30N2O. The molecule has 0 amide bonds. The molecule has 18 heavy (non-hydrogen) atoms. The topological polar surface area (TPSA) is 24.5 Å². The third kappa shape index (κ3) is 4.87. The number of nitrogens with zero attached hydrogens (tertiary/aromatic N) is 1. The summed E-state index contributed by atoms with van der Waals surface area (Å²) in [6, 6.07) is 0. The van der Waals surface area contributed by atoms with Gasteiger partial charge < -0.3 is 15.0 Å². The van der Waals surface area contributed by atoms with Crippen LogP contribution in [0.3, 0.4) is 0 Å². The van der Waals surface area contributed by atoms with Gasteiger partial charge >= 0.3 is 0 Å². The Bertz CT molecular complexity index is 217. The predicted molar refractivity (Wildman–Crippen MR) is 75.9 cm³/mol. The van der Waals surface area contributed by atoms with Crippen LogP contribution in [0.25, 0.3) is 0 Å². The van der Waals surface area contributed by atoms with Crippen LogP contribution in [0.15, 0.2) is 0 Å². The van der Waals surface area contributed by atoms with E-state index in [1.165, 1.54) is 58.2 Å². The minimum atomic E-state index is 0.524. The third-order valence-electron chi connectivity index (χ3n) is 4.44. The maximum atomic E-state index is 5.96. The SMILES string of the molecule is CCC1CCCN(CCCOC2CCNCC2)C1. The number of piperidine rings is 2. The molecule has 2 saturated heterocycles. The summed E-state index contributed by atoms with van der Waals surface area (Å²) in [6.45, 7) is 9.42. The molecule has 1 atom stereocenters. The van der Waals surface area contributed by atoms with Crippen LogP contribution in [0.4, 0.5) is 0 Å². The number of hydrogen-bond acceptors (Lipinski definition) is 3. The Labute approximate surface area is 112 Å². The first kappa shape index (κ1) is 14.3. The molecule has 0 aromatic rings. The van der Waals surface area contributed by atoms with Gasteiger partial charge in [-0.2, -0.15) is 0 Å². The average Bonchev–Trinajstić information content (AvgIpc) is 2.45. The lowest BCUT2D eigenvalue weighted by molar-refractivity contribution is 0.0258. The molecule has 3 nitrogen and oxygen atoms in total. The molecule has 0 aliphatic carbocycles. The molecule has 2 heterocycles. The summed E-state index contributed by atoms with van der Waals surface area (Å²) in [6.07, 6.45) is 8.31. The molecule has 0 spiro atoms. The standard InChI is InChI=1S/C15H30N2O/c1-2-14-5-3-10-17(13-14)11-4-12-18-15-6-8-16-9-7-15/h14-16H,2-13H2,1H3. The lowest BCUT2D eigenvalue weighted by Crippen LogP contribution is -2.36. The number of rotatable bonds is 6. The molecule has 1 unspecified atom stereocenters. The molecule has 1 N–H and O–H groups in total. The third-order valence-corrected chi connectivity index (χ3v) is 4.44. The van der Waals surface area contributed by atoms with Crippen LogP contribution < -0.4 is 5.32 Å². The van der Waals surface area contributed by atoms with Gasteiger partial charge in [-0.25, -0.2) is 0 Å². The highest BCUT2D eigenvalue weighted by atomic mass is 16.5. The zero-order valence-corrected chi connectivity index (χ0v) is 12.0. The van der Waals surface area contributed by atoms with E-state index in [4.69, 9.17) is 4.74 Å². The van der Waals surface area contributed by atoms with Gasteiger partial charge in [0, 0.05) is 19.7 Å². The molecule has 0 bridgehead atoms. The van der Waals surface area contributed by atoms with E-state index in [2.05, 4.69) is 17.1 Å². The van der Waals surface area contributed by atoms with E-state index >= 15 is 0 Å². The predicted octanol–water partition coefficient (Wildman–Crippen LogP) is 2.27. The van der Waals surface area contributed by atoms with Crippen molar-refractivity contribution in [2.75, 3.05) is 39.3 Å². The van der Waals surface area contributed by atoms with Crippen LogP contribution in [0.1, 0.15) is 45.4 Å². The van der Waals surface area contributed by atoms with Crippen LogP contribution in [0.5, 0.6) is 0 Å². The molecule has 0 aromatic carbocycles. The molecule has 0 aromatic heterocycles. The number of nitrogens with one attached hydrogen (secondary N) is 1. The van der Waals surface area contributed by atoms with Gasteiger partial charge in [0.2, 0.25) is 0 Å². The van der Waals surface area contributed by atoms with E-state index in [1.807, 2.05) is 0 Å². The van der Waals surface area contributed by atoms with Gasteiger partial charge in [0.1, 0.15) is 0 Å². The quantitative estimate of drug-likeness (QED) is 0.736. The van der Waals surface area contributed by atoms with Crippen LogP contribution in [-0.2, 0) is 4.74 Å². The van der Waals surface area contributed by atoms with Crippen LogP contribution in [0, 0.1) is 5.92 Å². The van der Waals surface area contributed by atoms with Crippen molar-refractivity contribution in [3.05, 3.63) is 0 Å². The minimum absolute atomic E-state index is 0.524. The Kier molecular flexibility index (Phi) is 6.46. The van der Waals surface area contributed by atoms with Gasteiger partial charge in [-0.1, -0.05) is 13.3 Å². The van der Waals surface area contributed by atoms with Crippen molar-refractivity contribution in [2.24, 2.45) is 5.92 Å². The van der Waals surface area contributed by atoms with Crippen molar-refractivity contribution >= 4 is 0 Å². The summed E-state index contributed by atoms with van der Waals surface area (Å²) in [5.74, 6) is 0.948. The summed E-state index contributed by atoms with van der Waals surface area (Å²) in [5.41, 5.74) is 0. The average molecular weight is 254 g/mol. The van der Waals surface area contributed by atoms with E-state index < -0.39 is 0 Å². The van der Waals surface area contributed by atoms with Crippen LogP contribution in [0.2, 0.25) is 0 Å². The first-order valence-corrected chi connectivity index (χ1v) is 7.93.